The van der Waals surface area contributed by atoms with E-state index in [2.05, 4.69) is 36.2 Å². The largest absolute Gasteiger partial charge is 0.477 e. The molecule has 0 fully saturated rings. The molecule has 0 aromatic carbocycles. The fourth-order valence-corrected chi connectivity index (χ4v) is 9.21. The first-order chi connectivity index (χ1) is 48.4. The number of aliphatic hydroxyl groups excluding tert-OH is 4. The number of amides is 5. The van der Waals surface area contributed by atoms with E-state index in [0.29, 0.717) is 111 Å². The van der Waals surface area contributed by atoms with Crippen molar-refractivity contribution < 1.29 is 131 Å². The maximum absolute atomic E-state index is 13.5. The van der Waals surface area contributed by atoms with Crippen LogP contribution in [0.15, 0.2) is 39.9 Å². The number of likely N-dealkylation sites (N-methyl/N-ethyl adjacent to an activating group) is 2. The van der Waals surface area contributed by atoms with Crippen molar-refractivity contribution in [1.82, 2.24) is 45.6 Å². The predicted molar refractivity (Wildman–Crippen MR) is 350 cm³/mol. The number of hydrogen-bond donors (Lipinski definition) is 13. The molecule has 1 aromatic heterocycles. The molecule has 2 aliphatic heterocycles. The Hall–Kier alpha value is -7.95. The Morgan fingerprint density at radius 1 is 0.554 bits per heavy atom. The van der Waals surface area contributed by atoms with Gasteiger partial charge in [-0.05, 0) is 12.2 Å². The first-order valence-electron chi connectivity index (χ1n) is 32.3. The van der Waals surface area contributed by atoms with E-state index in [1.807, 2.05) is 4.90 Å². The quantitative estimate of drug-likeness (QED) is 0.0164. The van der Waals surface area contributed by atoms with Crippen molar-refractivity contribution in [3.05, 3.63) is 35.6 Å². The van der Waals surface area contributed by atoms with Crippen LogP contribution in [-0.2, 0) is 103 Å². The zero-order valence-electron chi connectivity index (χ0n) is 57.7. The molecule has 576 valence electrons. The molecule has 10 atom stereocenters. The molecule has 0 saturated heterocycles. The smallest absolute Gasteiger partial charge is 0.410 e. The Labute approximate surface area is 583 Å². The summed E-state index contributed by atoms with van der Waals surface area (Å²) >= 11 is 0. The maximum Gasteiger partial charge on any atom is 0.410 e. The fraction of sp³-hybridized carbons (Fsp3) is 0.746. The lowest BCUT2D eigenvalue weighted by Gasteiger charge is -2.40. The molecule has 17 N–H and O–H groups in total. The normalized spacial score (nSPS) is 18.4. The summed E-state index contributed by atoms with van der Waals surface area (Å²) in [5.74, 6) is -6.83. The van der Waals surface area contributed by atoms with Gasteiger partial charge in [0.25, 0.3) is 0 Å². The molecule has 0 spiro atoms. The number of aliphatic hydroxyl groups is 4. The van der Waals surface area contributed by atoms with Gasteiger partial charge in [-0.25, -0.2) is 33.8 Å². The molecule has 101 heavy (non-hydrogen) atoms. The topological polar surface area (TPSA) is 575 Å². The van der Waals surface area contributed by atoms with Crippen molar-refractivity contribution >= 4 is 53.8 Å². The number of nitrogens with one attached hydrogen (secondary N) is 3. The molecule has 0 bridgehead atoms. The number of carbonyl (C=O) groups excluding carboxylic acids is 5. The Bertz CT molecular complexity index is 2600. The third-order valence-electron chi connectivity index (χ3n) is 14.3. The highest BCUT2D eigenvalue weighted by Crippen LogP contribution is 2.29. The standard InChI is InChI=1S/C59H103N15O27/c1-38(77)65-48-41(67-56(60)61)32-45(54(82)83)98-52(48)50(43(79)35-75)100-58(86)71(4)7-14-89-16-9-73(10-17-90-15-8-72(5)59(87)101-51(44(80)36-76)53-49(66-39(2)78)42(68-57(62)63)33-46(99-53)55(84)85)11-18-91-21-24-94-28-29-96-30-31-97-37-40-34-74(70-69-40)12-19-92-22-25-95-27-26-93-23-20-88-13-6-47(81)64-3/h32-34,41-44,48-53,75-76,79-80H,6-31,35-37H2,1-5H3,(H,64,81)(H,65,77)(H,66,78)(H,82,83)(H,84,85)(H4,60,61,67)(H4,62,63,68)/t41-,42-,43+,44+,48+,49+,50+,51+,52+,53+/m0/s1. The van der Waals surface area contributed by atoms with Gasteiger partial charge in [-0.3, -0.25) is 19.3 Å². The number of carbonyl (C=O) groups is 7. The van der Waals surface area contributed by atoms with E-state index in [0.717, 1.165) is 35.8 Å². The average Bonchev–Trinajstić information content (AvgIpc) is 1.80. The molecule has 1 aromatic rings. The number of nitrogens with zero attached hydrogens (tertiary/aromatic N) is 8. The zero-order chi connectivity index (χ0) is 74.5. The number of guanidine groups is 2. The summed E-state index contributed by atoms with van der Waals surface area (Å²) in [7, 11) is 4.27. The van der Waals surface area contributed by atoms with E-state index in [1.54, 1.807) is 17.9 Å². The monoisotopic (exact) mass is 1450 g/mol. The highest BCUT2D eigenvalue weighted by Gasteiger charge is 2.48. The average molecular weight is 1450 g/mol. The van der Waals surface area contributed by atoms with Crippen molar-refractivity contribution in [2.75, 3.05) is 193 Å². The van der Waals surface area contributed by atoms with Crippen molar-refractivity contribution in [2.45, 2.75) is 94.2 Å². The number of aliphatic imine (C=N–C) groups is 2. The van der Waals surface area contributed by atoms with Crippen molar-refractivity contribution in [1.29, 1.82) is 0 Å². The minimum Gasteiger partial charge on any atom is -0.477 e. The van der Waals surface area contributed by atoms with Gasteiger partial charge in [0.1, 0.15) is 17.9 Å². The minimum absolute atomic E-state index is 0.0450. The van der Waals surface area contributed by atoms with E-state index < -0.39 is 133 Å². The summed E-state index contributed by atoms with van der Waals surface area (Å²) < 4.78 is 80.5. The molecule has 3 rings (SSSR count). The van der Waals surface area contributed by atoms with Gasteiger partial charge in [-0.2, -0.15) is 0 Å². The minimum atomic E-state index is -1.85. The number of carboxylic acids is 2. The Kier molecular flexibility index (Phi) is 43.5. The molecule has 0 radical (unpaired) electrons. The number of nitrogens with two attached hydrogens (primary N) is 4. The first kappa shape index (κ1) is 87.3. The summed E-state index contributed by atoms with van der Waals surface area (Å²) in [4.78, 5) is 98.9. The second-order valence-corrected chi connectivity index (χ2v) is 22.2. The Balaban J connectivity index is 1.48. The van der Waals surface area contributed by atoms with Gasteiger partial charge in [0, 0.05) is 74.1 Å². The van der Waals surface area contributed by atoms with Crippen LogP contribution in [0.3, 0.4) is 0 Å². The summed E-state index contributed by atoms with van der Waals surface area (Å²) in [6, 6.07) is -5.12. The second kappa shape index (κ2) is 50.4. The van der Waals surface area contributed by atoms with E-state index in [9.17, 15) is 64.2 Å². The SMILES string of the molecule is CNC(=O)CCOCCOCCOCCOCCn1cc(COCCOCCOCCOCCN(CCOCCN(C)C(=O)O[C@@H]([C@@H]2OC(C(=O)O)=C[C@H](N=C(N)N)[C@H]2NC(C)=O)[C@H](O)CO)CCOCCN(C)C(=O)O[C@@H]([C@@H]2OC(C(=O)O)=C[C@H](N=C(N)N)[C@H]2NC(C)=O)[C@H](O)CO)nn1. The van der Waals surface area contributed by atoms with Crippen LogP contribution in [0.1, 0.15) is 26.0 Å². The van der Waals surface area contributed by atoms with E-state index in [1.165, 1.54) is 14.1 Å². The predicted octanol–water partition coefficient (Wildman–Crippen LogP) is -7.01. The lowest BCUT2D eigenvalue weighted by molar-refractivity contribution is -0.147. The van der Waals surface area contributed by atoms with Gasteiger partial charge in [-0.1, -0.05) is 5.21 Å². The molecule has 0 unspecified atom stereocenters. The molecule has 42 nitrogen and oxygen atoms in total. The molecule has 42 heteroatoms. The molecule has 2 aliphatic rings. The van der Waals surface area contributed by atoms with Gasteiger partial charge in [-0.15, -0.1) is 5.10 Å². The van der Waals surface area contributed by atoms with Crippen LogP contribution in [0.4, 0.5) is 9.59 Å². The number of ether oxygens (including phenoxy) is 14. The summed E-state index contributed by atoms with van der Waals surface area (Å²) in [6.07, 6.45) is -8.49. The zero-order valence-corrected chi connectivity index (χ0v) is 57.7. The van der Waals surface area contributed by atoms with Crippen LogP contribution in [0, 0.1) is 0 Å². The van der Waals surface area contributed by atoms with Crippen LogP contribution >= 0.6 is 0 Å². The fourth-order valence-electron chi connectivity index (χ4n) is 9.21. The van der Waals surface area contributed by atoms with Crippen LogP contribution < -0.4 is 38.9 Å². The maximum atomic E-state index is 13.5. The third kappa shape index (κ3) is 36.0. The summed E-state index contributed by atoms with van der Waals surface area (Å²) in [5.41, 5.74) is 23.0. The number of carboxylic acid groups (broad SMARTS) is 2. The highest BCUT2D eigenvalue weighted by molar-refractivity contribution is 5.86. The Morgan fingerprint density at radius 3 is 1.28 bits per heavy atom. The van der Waals surface area contributed by atoms with E-state index in [-0.39, 0.29) is 78.5 Å². The van der Waals surface area contributed by atoms with Crippen LogP contribution in [0.2, 0.25) is 0 Å². The van der Waals surface area contributed by atoms with Gasteiger partial charge >= 0.3 is 24.1 Å². The van der Waals surface area contributed by atoms with Crippen molar-refractivity contribution in [3.63, 3.8) is 0 Å². The molecule has 5 amide bonds. The number of hydrogen-bond acceptors (Lipinski definition) is 30. The van der Waals surface area contributed by atoms with Crippen LogP contribution in [0.25, 0.3) is 0 Å². The Morgan fingerprint density at radius 2 is 0.911 bits per heavy atom. The molecule has 3 heterocycles. The number of aliphatic carboxylic acids is 2. The first-order valence-corrected chi connectivity index (χ1v) is 32.3. The van der Waals surface area contributed by atoms with E-state index >= 15 is 0 Å². The van der Waals surface area contributed by atoms with Crippen LogP contribution in [-0.4, -0.2) is 368 Å². The molecule has 0 saturated carbocycles. The second-order valence-electron chi connectivity index (χ2n) is 22.2. The highest BCUT2D eigenvalue weighted by atomic mass is 16.6. The van der Waals surface area contributed by atoms with Gasteiger partial charge in [0.2, 0.25) is 29.2 Å². The summed E-state index contributed by atoms with van der Waals surface area (Å²) in [6.45, 7) is 7.18. The van der Waals surface area contributed by atoms with Crippen molar-refractivity contribution in [2.24, 2.45) is 32.9 Å². The summed E-state index contributed by atoms with van der Waals surface area (Å²) in [5, 5.41) is 77.0. The lowest BCUT2D eigenvalue weighted by atomic mass is 9.92. The van der Waals surface area contributed by atoms with Crippen LogP contribution in [0.5, 0.6) is 0 Å². The van der Waals surface area contributed by atoms with E-state index in [4.69, 9.17) is 89.3 Å². The molecular weight excluding hydrogens is 1350 g/mol. The number of aromatic nitrogens is 3. The van der Waals surface area contributed by atoms with Crippen molar-refractivity contribution in [3.8, 4) is 0 Å². The lowest BCUT2D eigenvalue weighted by Crippen LogP contribution is -2.61. The number of rotatable bonds is 55. The molecule has 0 aliphatic carbocycles. The molecular formula is C59H103N15O27. The van der Waals surface area contributed by atoms with Gasteiger partial charge in [0.05, 0.1) is 182 Å². The van der Waals surface area contributed by atoms with Gasteiger partial charge in [0.15, 0.2) is 36.3 Å². The van der Waals surface area contributed by atoms with Gasteiger partial charge < -0.3 is 146 Å². The third-order valence-corrected chi connectivity index (χ3v) is 14.3.